The van der Waals surface area contributed by atoms with E-state index < -0.39 is 0 Å². The molecule has 0 heterocycles. The lowest BCUT2D eigenvalue weighted by Gasteiger charge is -2.10. The second kappa shape index (κ2) is 8.44. The number of carbonyl (C=O) groups excluding carboxylic acids is 3. The van der Waals surface area contributed by atoms with Crippen LogP contribution in [0.3, 0.4) is 0 Å². The van der Waals surface area contributed by atoms with Crippen molar-refractivity contribution in [3.63, 3.8) is 0 Å². The fourth-order valence-corrected chi connectivity index (χ4v) is 2.54. The van der Waals surface area contributed by atoms with Gasteiger partial charge in [0.15, 0.2) is 11.6 Å². The van der Waals surface area contributed by atoms with Gasteiger partial charge in [-0.3, -0.25) is 14.4 Å². The summed E-state index contributed by atoms with van der Waals surface area (Å²) in [5.74, 6) is -0.315. The molecule has 0 atom stereocenters. The van der Waals surface area contributed by atoms with Crippen molar-refractivity contribution < 1.29 is 19.1 Å². The first-order chi connectivity index (χ1) is 11.9. The Kier molecular flexibility index (Phi) is 6.31. The van der Waals surface area contributed by atoms with Gasteiger partial charge in [-0.05, 0) is 37.3 Å². The van der Waals surface area contributed by atoms with Crippen LogP contribution in [0.4, 0.5) is 5.69 Å². The van der Waals surface area contributed by atoms with Gasteiger partial charge in [0.1, 0.15) is 5.75 Å². The van der Waals surface area contributed by atoms with Crippen molar-refractivity contribution >= 4 is 34.8 Å². The molecular weight excluding hydrogens is 342 g/mol. The quantitative estimate of drug-likeness (QED) is 0.753. The molecule has 25 heavy (non-hydrogen) atoms. The molecule has 0 fully saturated rings. The first-order valence-electron chi connectivity index (χ1n) is 7.69. The Morgan fingerprint density at radius 2 is 1.76 bits per heavy atom. The molecular formula is C19H18ClNO4. The number of ether oxygens (including phenoxy) is 1. The molecule has 0 aromatic heterocycles. The van der Waals surface area contributed by atoms with E-state index >= 15 is 0 Å². The number of methoxy groups -OCH3 is 1. The highest BCUT2D eigenvalue weighted by Gasteiger charge is 2.16. The molecule has 1 amide bonds. The van der Waals surface area contributed by atoms with E-state index in [0.717, 1.165) is 0 Å². The van der Waals surface area contributed by atoms with Crippen LogP contribution in [0.5, 0.6) is 5.75 Å². The maximum atomic E-state index is 12.3. The Balaban J connectivity index is 2.02. The molecule has 5 nitrogen and oxygen atoms in total. The minimum atomic E-state index is -0.344. The van der Waals surface area contributed by atoms with Gasteiger partial charge in [0.2, 0.25) is 5.91 Å². The van der Waals surface area contributed by atoms with Gasteiger partial charge in [0, 0.05) is 23.4 Å². The molecule has 0 saturated heterocycles. The fraction of sp³-hybridized carbons (Fsp3) is 0.211. The zero-order valence-electron chi connectivity index (χ0n) is 14.0. The number of para-hydroxylation sites is 1. The van der Waals surface area contributed by atoms with Gasteiger partial charge in [-0.2, -0.15) is 0 Å². The molecule has 0 spiro atoms. The number of hydrogen-bond donors (Lipinski definition) is 1. The van der Waals surface area contributed by atoms with Crippen LogP contribution in [0, 0.1) is 0 Å². The molecule has 0 saturated carbocycles. The summed E-state index contributed by atoms with van der Waals surface area (Å²) < 4.78 is 5.15. The molecule has 0 aliphatic rings. The minimum Gasteiger partial charge on any atom is -0.496 e. The van der Waals surface area contributed by atoms with Gasteiger partial charge in [0.05, 0.1) is 18.4 Å². The average molecular weight is 360 g/mol. The number of hydrogen-bond acceptors (Lipinski definition) is 4. The highest BCUT2D eigenvalue weighted by molar-refractivity contribution is 6.31. The van der Waals surface area contributed by atoms with Crippen LogP contribution in [-0.4, -0.2) is 24.6 Å². The summed E-state index contributed by atoms with van der Waals surface area (Å²) in [6.45, 7) is 1.43. The summed E-state index contributed by atoms with van der Waals surface area (Å²) in [5.41, 5.74) is 1.21. The number of halogens is 1. The average Bonchev–Trinajstić information content (AvgIpc) is 2.60. The Bertz CT molecular complexity index is 817. The summed E-state index contributed by atoms with van der Waals surface area (Å²) in [7, 11) is 1.46. The second-order valence-electron chi connectivity index (χ2n) is 5.42. The Hall–Kier alpha value is -2.66. The van der Waals surface area contributed by atoms with Crippen molar-refractivity contribution in [1.29, 1.82) is 0 Å². The van der Waals surface area contributed by atoms with E-state index in [4.69, 9.17) is 16.3 Å². The molecule has 0 unspecified atom stereocenters. The number of nitrogens with one attached hydrogen (secondary N) is 1. The van der Waals surface area contributed by atoms with Crippen molar-refractivity contribution in [1.82, 2.24) is 0 Å². The second-order valence-corrected chi connectivity index (χ2v) is 5.85. The predicted molar refractivity (Wildman–Crippen MR) is 96.6 cm³/mol. The number of rotatable bonds is 7. The minimum absolute atomic E-state index is 0.00474. The Morgan fingerprint density at radius 3 is 2.44 bits per heavy atom. The van der Waals surface area contributed by atoms with Crippen LogP contribution in [-0.2, 0) is 4.79 Å². The summed E-state index contributed by atoms with van der Waals surface area (Å²) in [5, 5.41) is 3.09. The first-order valence-corrected chi connectivity index (χ1v) is 8.06. The molecule has 2 aromatic carbocycles. The van der Waals surface area contributed by atoms with Crippen molar-refractivity contribution in [3.8, 4) is 5.75 Å². The molecule has 6 heteroatoms. The van der Waals surface area contributed by atoms with Crippen molar-refractivity contribution in [2.45, 2.75) is 19.8 Å². The number of amides is 1. The van der Waals surface area contributed by atoms with Crippen LogP contribution in [0.1, 0.15) is 40.5 Å². The molecule has 130 valence electrons. The molecule has 0 aliphatic heterocycles. The Morgan fingerprint density at radius 1 is 1.04 bits per heavy atom. The maximum absolute atomic E-state index is 12.3. The third-order valence-corrected chi connectivity index (χ3v) is 3.86. The normalized spacial score (nSPS) is 10.2. The predicted octanol–water partition coefficient (Wildman–Crippen LogP) is 4.15. The van der Waals surface area contributed by atoms with Crippen molar-refractivity contribution in [3.05, 3.63) is 58.6 Å². The largest absolute Gasteiger partial charge is 0.496 e. The fourth-order valence-electron chi connectivity index (χ4n) is 2.37. The summed E-state index contributed by atoms with van der Waals surface area (Å²) in [4.78, 5) is 36.0. The Labute approximate surface area is 150 Å². The standard InChI is InChI=1S/C19H18ClNO4/c1-12(22)14-5-3-4-6-16(14)21-19(24)10-8-17(23)15-11-13(20)7-9-18(15)25-2/h3-7,9,11H,8,10H2,1-2H3,(H,21,24). The van der Waals surface area contributed by atoms with Crippen LogP contribution < -0.4 is 10.1 Å². The molecule has 2 aromatic rings. The number of Topliss-reactive ketones (excluding diaryl/α,β-unsaturated/α-hetero) is 2. The lowest BCUT2D eigenvalue weighted by molar-refractivity contribution is -0.116. The molecule has 1 N–H and O–H groups in total. The number of anilines is 1. The number of ketones is 2. The highest BCUT2D eigenvalue weighted by atomic mass is 35.5. The van der Waals surface area contributed by atoms with Crippen LogP contribution in [0.25, 0.3) is 0 Å². The summed E-state index contributed by atoms with van der Waals surface area (Å²) in [6.07, 6.45) is -0.00842. The zero-order valence-corrected chi connectivity index (χ0v) is 14.7. The van der Waals surface area contributed by atoms with Gasteiger partial charge in [-0.15, -0.1) is 0 Å². The molecule has 2 rings (SSSR count). The van der Waals surface area contributed by atoms with Crippen molar-refractivity contribution in [2.75, 3.05) is 12.4 Å². The SMILES string of the molecule is COc1ccc(Cl)cc1C(=O)CCC(=O)Nc1ccccc1C(C)=O. The molecule has 0 radical (unpaired) electrons. The highest BCUT2D eigenvalue weighted by Crippen LogP contribution is 2.24. The first kappa shape index (κ1) is 18.7. The smallest absolute Gasteiger partial charge is 0.224 e. The maximum Gasteiger partial charge on any atom is 0.224 e. The van der Waals surface area contributed by atoms with E-state index in [1.54, 1.807) is 36.4 Å². The van der Waals surface area contributed by atoms with E-state index in [9.17, 15) is 14.4 Å². The van der Waals surface area contributed by atoms with E-state index in [2.05, 4.69) is 5.32 Å². The van der Waals surface area contributed by atoms with E-state index in [1.165, 1.54) is 20.1 Å². The molecule has 0 bridgehead atoms. The van der Waals surface area contributed by atoms with Gasteiger partial charge >= 0.3 is 0 Å². The zero-order chi connectivity index (χ0) is 18.4. The van der Waals surface area contributed by atoms with Gasteiger partial charge in [-0.25, -0.2) is 0 Å². The third-order valence-electron chi connectivity index (χ3n) is 3.62. The molecule has 0 aliphatic carbocycles. The monoisotopic (exact) mass is 359 g/mol. The third kappa shape index (κ3) is 4.90. The van der Waals surface area contributed by atoms with Gasteiger partial charge in [0.25, 0.3) is 0 Å². The van der Waals surface area contributed by atoms with E-state index in [0.29, 0.717) is 27.6 Å². The van der Waals surface area contributed by atoms with Gasteiger partial charge < -0.3 is 10.1 Å². The summed E-state index contributed by atoms with van der Waals surface area (Å²) in [6, 6.07) is 11.5. The lowest BCUT2D eigenvalue weighted by Crippen LogP contribution is -2.15. The van der Waals surface area contributed by atoms with E-state index in [1.807, 2.05) is 0 Å². The van der Waals surface area contributed by atoms with Crippen LogP contribution in [0.15, 0.2) is 42.5 Å². The number of carbonyl (C=O) groups is 3. The number of benzene rings is 2. The lowest BCUT2D eigenvalue weighted by atomic mass is 10.0. The van der Waals surface area contributed by atoms with E-state index in [-0.39, 0.29) is 30.3 Å². The van der Waals surface area contributed by atoms with Crippen LogP contribution in [0.2, 0.25) is 5.02 Å². The van der Waals surface area contributed by atoms with Gasteiger partial charge in [-0.1, -0.05) is 23.7 Å². The van der Waals surface area contributed by atoms with Crippen LogP contribution >= 0.6 is 11.6 Å². The van der Waals surface area contributed by atoms with Crippen molar-refractivity contribution in [2.24, 2.45) is 0 Å². The summed E-state index contributed by atoms with van der Waals surface area (Å²) >= 11 is 5.92. The topological polar surface area (TPSA) is 72.5 Å².